The molecule has 0 unspecified atom stereocenters. The number of aromatic nitrogens is 3. The Labute approximate surface area is 149 Å². The zero-order valence-corrected chi connectivity index (χ0v) is 14.0. The van der Waals surface area contributed by atoms with E-state index in [0.717, 1.165) is 21.7 Å². The van der Waals surface area contributed by atoms with Crippen LogP contribution in [0.5, 0.6) is 5.75 Å². The Morgan fingerprint density at radius 1 is 1.23 bits per heavy atom. The molecule has 0 spiro atoms. The summed E-state index contributed by atoms with van der Waals surface area (Å²) in [5, 5.41) is 12.8. The Bertz CT molecular complexity index is 958. The fourth-order valence-corrected chi connectivity index (χ4v) is 2.19. The molecular weight excluding hydrogens is 334 g/mol. The van der Waals surface area contributed by atoms with E-state index in [1.807, 2.05) is 30.3 Å². The van der Waals surface area contributed by atoms with Gasteiger partial charge in [0.15, 0.2) is 0 Å². The van der Waals surface area contributed by atoms with Crippen molar-refractivity contribution in [2.24, 2.45) is 5.10 Å². The first-order valence-electron chi connectivity index (χ1n) is 7.85. The molecule has 3 rings (SSSR count). The molecule has 0 bridgehead atoms. The van der Waals surface area contributed by atoms with E-state index in [1.165, 1.54) is 6.21 Å². The zero-order chi connectivity index (χ0) is 18.4. The fraction of sp³-hybridized carbons (Fsp3) is 0.111. The molecule has 132 valence electrons. The van der Waals surface area contributed by atoms with E-state index in [9.17, 15) is 9.59 Å². The van der Waals surface area contributed by atoms with Gasteiger partial charge in [0, 0.05) is 6.54 Å². The predicted octanol–water partition coefficient (Wildman–Crippen LogP) is 1.39. The molecule has 0 radical (unpaired) electrons. The third-order valence-electron chi connectivity index (χ3n) is 3.60. The molecule has 3 aromatic rings. The van der Waals surface area contributed by atoms with Gasteiger partial charge in [-0.2, -0.15) is 10.3 Å². The normalized spacial score (nSPS) is 10.8. The van der Waals surface area contributed by atoms with Crippen molar-refractivity contribution < 1.29 is 9.53 Å². The van der Waals surface area contributed by atoms with Gasteiger partial charge in [0.05, 0.1) is 13.3 Å². The maximum absolute atomic E-state index is 12.2. The van der Waals surface area contributed by atoms with Crippen LogP contribution < -0.4 is 15.6 Å². The summed E-state index contributed by atoms with van der Waals surface area (Å²) in [6, 6.07) is 16.5. The highest BCUT2D eigenvalue weighted by Gasteiger charge is 2.16. The lowest BCUT2D eigenvalue weighted by atomic mass is 10.2. The number of methoxy groups -OCH3 is 1. The van der Waals surface area contributed by atoms with Crippen molar-refractivity contribution in [2.75, 3.05) is 7.11 Å². The van der Waals surface area contributed by atoms with Crippen molar-refractivity contribution in [3.8, 4) is 5.75 Å². The van der Waals surface area contributed by atoms with Gasteiger partial charge in [0.2, 0.25) is 5.69 Å². The number of carbonyl (C=O) groups excluding carboxylic acids is 1. The quantitative estimate of drug-likeness (QED) is 0.655. The van der Waals surface area contributed by atoms with Gasteiger partial charge in [0.25, 0.3) is 5.91 Å². The largest absolute Gasteiger partial charge is 0.497 e. The molecule has 0 aliphatic carbocycles. The Hall–Kier alpha value is -3.68. The lowest BCUT2D eigenvalue weighted by Crippen LogP contribution is -2.29. The first-order chi connectivity index (χ1) is 12.7. The number of amides is 1. The Kier molecular flexibility index (Phi) is 5.23. The zero-order valence-electron chi connectivity index (χ0n) is 14.0. The lowest BCUT2D eigenvalue weighted by Gasteiger charge is -2.01. The minimum absolute atomic E-state index is 0.243. The fourth-order valence-electron chi connectivity index (χ4n) is 2.19. The van der Waals surface area contributed by atoms with Gasteiger partial charge in [-0.3, -0.25) is 9.59 Å². The van der Waals surface area contributed by atoms with E-state index in [-0.39, 0.29) is 5.69 Å². The summed E-state index contributed by atoms with van der Waals surface area (Å²) in [5.41, 5.74) is 0.824. The van der Waals surface area contributed by atoms with Crippen LogP contribution in [-0.4, -0.2) is 34.3 Å². The van der Waals surface area contributed by atoms with Gasteiger partial charge in [-0.1, -0.05) is 30.3 Å². The number of aromatic amines is 1. The highest BCUT2D eigenvalue weighted by atomic mass is 16.5. The number of ether oxygens (including phenoxy) is 1. The molecule has 26 heavy (non-hydrogen) atoms. The Morgan fingerprint density at radius 2 is 1.96 bits per heavy atom. The van der Waals surface area contributed by atoms with Gasteiger partial charge >= 0.3 is 5.56 Å². The van der Waals surface area contributed by atoms with Gasteiger partial charge in [0.1, 0.15) is 5.75 Å². The number of nitrogens with one attached hydrogen (secondary N) is 2. The molecule has 0 atom stereocenters. The SMILES string of the molecule is COc1ccc(/C=N/n2[nH]nc(C(=O)NCc3ccccc3)c2=O)cc1. The molecule has 1 aromatic heterocycles. The van der Waals surface area contributed by atoms with Gasteiger partial charge in [-0.15, -0.1) is 9.89 Å². The average Bonchev–Trinajstić information content (AvgIpc) is 3.06. The van der Waals surface area contributed by atoms with Crippen molar-refractivity contribution in [2.45, 2.75) is 6.54 Å². The third kappa shape index (κ3) is 4.04. The smallest absolute Gasteiger partial charge is 0.320 e. The second-order valence-corrected chi connectivity index (χ2v) is 5.36. The number of benzene rings is 2. The Morgan fingerprint density at radius 3 is 2.65 bits per heavy atom. The standard InChI is InChI=1S/C18H17N5O3/c1-26-15-9-7-14(8-10-15)12-20-23-18(25)16(21-22-23)17(24)19-11-13-5-3-2-4-6-13/h2-10,12,22H,11H2,1H3,(H,19,24)/b20-12+. The molecule has 0 fully saturated rings. The number of carbonyl (C=O) groups is 1. The number of nitrogens with zero attached hydrogens (tertiary/aromatic N) is 3. The van der Waals surface area contributed by atoms with Gasteiger partial charge in [-0.05, 0) is 35.4 Å². The molecule has 0 saturated heterocycles. The molecule has 1 amide bonds. The molecule has 2 N–H and O–H groups in total. The maximum Gasteiger partial charge on any atom is 0.320 e. The average molecular weight is 351 g/mol. The number of hydrogen-bond donors (Lipinski definition) is 2. The first-order valence-corrected chi connectivity index (χ1v) is 7.85. The summed E-state index contributed by atoms with van der Waals surface area (Å²) in [4.78, 5) is 25.2. The number of H-pyrrole nitrogens is 1. The topological polar surface area (TPSA) is 101 Å². The van der Waals surface area contributed by atoms with Crippen LogP contribution in [0.3, 0.4) is 0 Å². The monoisotopic (exact) mass is 351 g/mol. The minimum atomic E-state index is -0.625. The van der Waals surface area contributed by atoms with Crippen LogP contribution in [0.25, 0.3) is 0 Å². The van der Waals surface area contributed by atoms with Crippen LogP contribution in [0, 0.1) is 0 Å². The van der Waals surface area contributed by atoms with E-state index in [2.05, 4.69) is 20.7 Å². The van der Waals surface area contributed by atoms with Gasteiger partial charge in [-0.25, -0.2) is 0 Å². The van der Waals surface area contributed by atoms with Crippen molar-refractivity contribution in [3.05, 3.63) is 81.8 Å². The van der Waals surface area contributed by atoms with Crippen LogP contribution in [0.1, 0.15) is 21.6 Å². The second-order valence-electron chi connectivity index (χ2n) is 5.36. The molecule has 0 saturated carbocycles. The van der Waals surface area contributed by atoms with E-state index in [0.29, 0.717) is 6.54 Å². The van der Waals surface area contributed by atoms with Crippen LogP contribution in [0.15, 0.2) is 64.5 Å². The number of hydrogen-bond acceptors (Lipinski definition) is 5. The highest BCUT2D eigenvalue weighted by molar-refractivity contribution is 5.91. The molecular formula is C18H17N5O3. The highest BCUT2D eigenvalue weighted by Crippen LogP contribution is 2.09. The van der Waals surface area contributed by atoms with Crippen LogP contribution >= 0.6 is 0 Å². The van der Waals surface area contributed by atoms with Crippen molar-refractivity contribution in [3.63, 3.8) is 0 Å². The summed E-state index contributed by atoms with van der Waals surface area (Å²) in [6.45, 7) is 0.307. The summed E-state index contributed by atoms with van der Waals surface area (Å²) < 4.78 is 5.08. The molecule has 8 nitrogen and oxygen atoms in total. The summed E-state index contributed by atoms with van der Waals surface area (Å²) in [7, 11) is 1.58. The lowest BCUT2D eigenvalue weighted by molar-refractivity contribution is 0.0944. The molecule has 2 aromatic carbocycles. The van der Waals surface area contributed by atoms with E-state index < -0.39 is 11.5 Å². The minimum Gasteiger partial charge on any atom is -0.497 e. The van der Waals surface area contributed by atoms with Crippen molar-refractivity contribution in [1.29, 1.82) is 0 Å². The van der Waals surface area contributed by atoms with Crippen molar-refractivity contribution >= 4 is 12.1 Å². The van der Waals surface area contributed by atoms with Gasteiger partial charge < -0.3 is 10.1 Å². The molecule has 1 heterocycles. The first kappa shape index (κ1) is 17.2. The summed E-state index contributed by atoms with van der Waals surface area (Å²) in [6.07, 6.45) is 1.48. The molecule has 0 aliphatic heterocycles. The van der Waals surface area contributed by atoms with E-state index in [1.54, 1.807) is 31.4 Å². The summed E-state index contributed by atoms with van der Waals surface area (Å²) >= 11 is 0. The Balaban J connectivity index is 1.67. The van der Waals surface area contributed by atoms with Crippen LogP contribution in [-0.2, 0) is 6.54 Å². The maximum atomic E-state index is 12.2. The third-order valence-corrected chi connectivity index (χ3v) is 3.60. The van der Waals surface area contributed by atoms with Crippen LogP contribution in [0.4, 0.5) is 0 Å². The second kappa shape index (κ2) is 7.93. The molecule has 0 aliphatic rings. The van der Waals surface area contributed by atoms with Crippen molar-refractivity contribution in [1.82, 2.24) is 20.4 Å². The summed E-state index contributed by atoms with van der Waals surface area (Å²) in [5.74, 6) is 0.159. The van der Waals surface area contributed by atoms with Crippen LogP contribution in [0.2, 0.25) is 0 Å². The number of rotatable bonds is 6. The van der Waals surface area contributed by atoms with E-state index in [4.69, 9.17) is 4.74 Å². The van der Waals surface area contributed by atoms with E-state index >= 15 is 0 Å². The predicted molar refractivity (Wildman–Crippen MR) is 96.4 cm³/mol. The molecule has 8 heteroatoms.